The van der Waals surface area contributed by atoms with E-state index in [-0.39, 0.29) is 11.7 Å². The van der Waals surface area contributed by atoms with Gasteiger partial charge in [-0.25, -0.2) is 9.37 Å². The van der Waals surface area contributed by atoms with E-state index in [2.05, 4.69) is 15.3 Å². The molecule has 1 aromatic carbocycles. The van der Waals surface area contributed by atoms with Gasteiger partial charge in [0.1, 0.15) is 0 Å². The van der Waals surface area contributed by atoms with Crippen molar-refractivity contribution in [3.63, 3.8) is 0 Å². The van der Waals surface area contributed by atoms with Crippen LogP contribution < -0.4 is 4.74 Å². The van der Waals surface area contributed by atoms with E-state index in [9.17, 15) is 9.18 Å². The number of aryl methyl sites for hydroxylation is 1. The first-order valence-corrected chi connectivity index (χ1v) is 9.21. The maximum absolute atomic E-state index is 13.9. The molecular formula is C18H22FN3O2S. The largest absolute Gasteiger partial charge is 0.494 e. The summed E-state index contributed by atoms with van der Waals surface area (Å²) >= 11 is 1.66. The van der Waals surface area contributed by atoms with E-state index < -0.39 is 5.82 Å². The third kappa shape index (κ3) is 4.35. The fourth-order valence-electron chi connectivity index (χ4n) is 3.02. The van der Waals surface area contributed by atoms with Crippen LogP contribution in [0, 0.1) is 12.7 Å². The number of nitrogens with zero attached hydrogens (tertiary/aromatic N) is 3. The second kappa shape index (κ2) is 7.93. The van der Waals surface area contributed by atoms with Crippen molar-refractivity contribution in [1.82, 2.24) is 14.8 Å². The summed E-state index contributed by atoms with van der Waals surface area (Å²) in [5, 5.41) is 3.16. The Bertz CT molecular complexity index is 750. The SMILES string of the molecule is COc1ccc(C(=O)N2CCCN(Cc3csc(C)n3)CC2)cc1F. The lowest BCUT2D eigenvalue weighted by molar-refractivity contribution is 0.0760. The van der Waals surface area contributed by atoms with E-state index in [4.69, 9.17) is 4.74 Å². The summed E-state index contributed by atoms with van der Waals surface area (Å²) in [5.74, 6) is -0.492. The number of benzene rings is 1. The van der Waals surface area contributed by atoms with Crippen LogP contribution >= 0.6 is 11.3 Å². The summed E-state index contributed by atoms with van der Waals surface area (Å²) in [7, 11) is 1.41. The van der Waals surface area contributed by atoms with Crippen molar-refractivity contribution in [3.8, 4) is 5.75 Å². The van der Waals surface area contributed by atoms with Crippen LogP contribution in [0.3, 0.4) is 0 Å². The van der Waals surface area contributed by atoms with E-state index in [0.717, 1.165) is 36.8 Å². The maximum atomic E-state index is 13.9. The highest BCUT2D eigenvalue weighted by Gasteiger charge is 2.21. The molecule has 3 rings (SSSR count). The Morgan fingerprint density at radius 1 is 1.32 bits per heavy atom. The van der Waals surface area contributed by atoms with Gasteiger partial charge < -0.3 is 9.64 Å². The van der Waals surface area contributed by atoms with Gasteiger partial charge in [0.15, 0.2) is 11.6 Å². The van der Waals surface area contributed by atoms with Gasteiger partial charge in [-0.1, -0.05) is 0 Å². The van der Waals surface area contributed by atoms with Crippen LogP contribution in [-0.4, -0.2) is 54.0 Å². The van der Waals surface area contributed by atoms with E-state index >= 15 is 0 Å². The van der Waals surface area contributed by atoms with Crippen LogP contribution in [0.25, 0.3) is 0 Å². The summed E-state index contributed by atoms with van der Waals surface area (Å²) in [6, 6.07) is 4.37. The van der Waals surface area contributed by atoms with Gasteiger partial charge in [0, 0.05) is 43.7 Å². The van der Waals surface area contributed by atoms with Crippen LogP contribution in [-0.2, 0) is 6.54 Å². The molecule has 1 aromatic heterocycles. The summed E-state index contributed by atoms with van der Waals surface area (Å²) < 4.78 is 18.8. The minimum absolute atomic E-state index is 0.132. The van der Waals surface area contributed by atoms with E-state index in [1.165, 1.54) is 19.2 Å². The maximum Gasteiger partial charge on any atom is 0.254 e. The van der Waals surface area contributed by atoms with Crippen LogP contribution in [0.1, 0.15) is 27.5 Å². The molecule has 0 aliphatic carbocycles. The summed E-state index contributed by atoms with van der Waals surface area (Å²) in [6.45, 7) is 5.85. The fourth-order valence-corrected chi connectivity index (χ4v) is 3.63. The zero-order valence-electron chi connectivity index (χ0n) is 14.5. The van der Waals surface area contributed by atoms with Crippen LogP contribution in [0.2, 0.25) is 0 Å². The average Bonchev–Trinajstić information content (AvgIpc) is 2.87. The van der Waals surface area contributed by atoms with Crippen molar-refractivity contribution in [3.05, 3.63) is 45.7 Å². The number of hydrogen-bond donors (Lipinski definition) is 0. The predicted octanol–water partition coefficient (Wildman–Crippen LogP) is 2.95. The Morgan fingerprint density at radius 3 is 2.84 bits per heavy atom. The monoisotopic (exact) mass is 363 g/mol. The molecule has 0 bridgehead atoms. The van der Waals surface area contributed by atoms with Crippen molar-refractivity contribution in [2.75, 3.05) is 33.3 Å². The second-order valence-electron chi connectivity index (χ2n) is 6.13. The van der Waals surface area contributed by atoms with Gasteiger partial charge in [0.25, 0.3) is 5.91 Å². The van der Waals surface area contributed by atoms with Gasteiger partial charge >= 0.3 is 0 Å². The summed E-state index contributed by atoms with van der Waals surface area (Å²) in [5.41, 5.74) is 1.45. The topological polar surface area (TPSA) is 45.7 Å². The molecule has 0 N–H and O–H groups in total. The number of rotatable bonds is 4. The first kappa shape index (κ1) is 17.8. The average molecular weight is 363 g/mol. The third-order valence-corrected chi connectivity index (χ3v) is 5.15. The molecule has 25 heavy (non-hydrogen) atoms. The fraction of sp³-hybridized carbons (Fsp3) is 0.444. The Hall–Kier alpha value is -1.99. The van der Waals surface area contributed by atoms with Crippen molar-refractivity contribution in [2.45, 2.75) is 19.9 Å². The Balaban J connectivity index is 1.62. The molecule has 7 heteroatoms. The third-order valence-electron chi connectivity index (χ3n) is 4.33. The van der Waals surface area contributed by atoms with E-state index in [0.29, 0.717) is 18.7 Å². The highest BCUT2D eigenvalue weighted by Crippen LogP contribution is 2.19. The van der Waals surface area contributed by atoms with Crippen LogP contribution in [0.5, 0.6) is 5.75 Å². The Labute approximate surface area is 151 Å². The van der Waals surface area contributed by atoms with Gasteiger partial charge in [-0.05, 0) is 31.5 Å². The number of hydrogen-bond acceptors (Lipinski definition) is 5. The molecule has 1 aliphatic rings. The van der Waals surface area contributed by atoms with Crippen molar-refractivity contribution in [2.24, 2.45) is 0 Å². The number of carbonyl (C=O) groups excluding carboxylic acids is 1. The molecule has 0 unspecified atom stereocenters. The number of methoxy groups -OCH3 is 1. The lowest BCUT2D eigenvalue weighted by atomic mass is 10.1. The lowest BCUT2D eigenvalue weighted by Gasteiger charge is -2.21. The number of ether oxygens (including phenoxy) is 1. The van der Waals surface area contributed by atoms with Crippen molar-refractivity contribution < 1.29 is 13.9 Å². The standard InChI is InChI=1S/C18H22FN3O2S/c1-13-20-15(12-25-13)11-21-6-3-7-22(9-8-21)18(23)14-4-5-17(24-2)16(19)10-14/h4-5,10,12H,3,6-9,11H2,1-2H3. The molecule has 2 heterocycles. The molecule has 1 aliphatic heterocycles. The predicted molar refractivity (Wildman–Crippen MR) is 95.6 cm³/mol. The lowest BCUT2D eigenvalue weighted by Crippen LogP contribution is -2.35. The van der Waals surface area contributed by atoms with Gasteiger partial charge in [-0.3, -0.25) is 9.69 Å². The van der Waals surface area contributed by atoms with Gasteiger partial charge in [0.05, 0.1) is 17.8 Å². The first-order chi connectivity index (χ1) is 12.1. The number of carbonyl (C=O) groups is 1. The summed E-state index contributed by atoms with van der Waals surface area (Å²) in [6.07, 6.45) is 0.896. The number of aromatic nitrogens is 1. The van der Waals surface area contributed by atoms with Crippen molar-refractivity contribution in [1.29, 1.82) is 0 Å². The molecule has 1 saturated heterocycles. The number of amides is 1. The normalized spacial score (nSPS) is 15.9. The highest BCUT2D eigenvalue weighted by atomic mass is 32.1. The smallest absolute Gasteiger partial charge is 0.254 e. The second-order valence-corrected chi connectivity index (χ2v) is 7.19. The molecule has 2 aromatic rings. The quantitative estimate of drug-likeness (QED) is 0.838. The Kier molecular flexibility index (Phi) is 5.65. The van der Waals surface area contributed by atoms with Crippen molar-refractivity contribution >= 4 is 17.2 Å². The van der Waals surface area contributed by atoms with Crippen LogP contribution in [0.15, 0.2) is 23.6 Å². The molecule has 0 saturated carbocycles. The zero-order chi connectivity index (χ0) is 17.8. The molecule has 5 nitrogen and oxygen atoms in total. The summed E-state index contributed by atoms with van der Waals surface area (Å²) in [4.78, 5) is 21.3. The van der Waals surface area contributed by atoms with Crippen LogP contribution in [0.4, 0.5) is 4.39 Å². The zero-order valence-corrected chi connectivity index (χ0v) is 15.3. The van der Waals surface area contributed by atoms with E-state index in [1.807, 2.05) is 6.92 Å². The molecule has 1 fully saturated rings. The first-order valence-electron chi connectivity index (χ1n) is 8.33. The number of halogens is 1. The Morgan fingerprint density at radius 2 is 2.16 bits per heavy atom. The van der Waals surface area contributed by atoms with E-state index in [1.54, 1.807) is 22.3 Å². The molecule has 1 amide bonds. The molecular weight excluding hydrogens is 341 g/mol. The minimum Gasteiger partial charge on any atom is -0.494 e. The minimum atomic E-state index is -0.510. The molecule has 0 atom stereocenters. The van der Waals surface area contributed by atoms with Gasteiger partial charge in [-0.15, -0.1) is 11.3 Å². The highest BCUT2D eigenvalue weighted by molar-refractivity contribution is 7.09. The molecule has 0 spiro atoms. The van der Waals surface area contributed by atoms with Gasteiger partial charge in [-0.2, -0.15) is 0 Å². The molecule has 0 radical (unpaired) electrons. The molecule has 134 valence electrons. The number of thiazole rings is 1. The van der Waals surface area contributed by atoms with Gasteiger partial charge in [0.2, 0.25) is 0 Å².